The van der Waals surface area contributed by atoms with Crippen LogP contribution in [-0.2, 0) is 21.1 Å². The zero-order valence-electron chi connectivity index (χ0n) is 18.1. The Hall–Kier alpha value is -2.66. The third-order valence-electron chi connectivity index (χ3n) is 5.57. The number of aldehydes is 1. The van der Waals surface area contributed by atoms with Crippen molar-refractivity contribution in [1.82, 2.24) is 0 Å². The molecule has 0 amide bonds. The minimum atomic E-state index is -4.83. The standard InChI is InChI=1S/C22H24F3NO6S/c1-21(2)12-14(13-33(29,30)31)15-9-16-17(22(23,24)25)10-20(28)32-19(16)11-18(15)26(21)7-5-3-4-6-8-27/h8-12H,3-7,13H2,1-2H3,(H,29,30,31). The van der Waals surface area contributed by atoms with Gasteiger partial charge in [-0.05, 0) is 38.3 Å². The molecule has 2 aromatic rings. The third-order valence-corrected chi connectivity index (χ3v) is 6.24. The van der Waals surface area contributed by atoms with Gasteiger partial charge in [0.1, 0.15) is 17.6 Å². The lowest BCUT2D eigenvalue weighted by molar-refractivity contribution is -0.136. The third kappa shape index (κ3) is 5.64. The SMILES string of the molecule is CC1(C)C=C(CS(=O)(=O)O)c2cc3c(C(F)(F)F)cc(=O)oc3cc2N1CCCCCC=O. The first-order valence-corrected chi connectivity index (χ1v) is 11.9. The van der Waals surface area contributed by atoms with Crippen LogP contribution in [0.15, 0.2) is 33.5 Å². The van der Waals surface area contributed by atoms with Gasteiger partial charge >= 0.3 is 11.8 Å². The van der Waals surface area contributed by atoms with Crippen molar-refractivity contribution in [3.63, 3.8) is 0 Å². The van der Waals surface area contributed by atoms with Gasteiger partial charge in [-0.1, -0.05) is 12.5 Å². The molecule has 0 bridgehead atoms. The Balaban J connectivity index is 2.21. The van der Waals surface area contributed by atoms with Crippen molar-refractivity contribution in [3.05, 3.63) is 45.8 Å². The molecule has 0 aliphatic carbocycles. The number of unbranched alkanes of at least 4 members (excludes halogenated alkanes) is 3. The highest BCUT2D eigenvalue weighted by Gasteiger charge is 2.37. The number of hydrogen-bond donors (Lipinski definition) is 1. The van der Waals surface area contributed by atoms with Gasteiger partial charge in [0, 0.05) is 41.7 Å². The van der Waals surface area contributed by atoms with Crippen molar-refractivity contribution in [1.29, 1.82) is 0 Å². The Morgan fingerprint density at radius 2 is 1.85 bits per heavy atom. The van der Waals surface area contributed by atoms with Crippen molar-refractivity contribution in [2.45, 2.75) is 51.2 Å². The van der Waals surface area contributed by atoms with Gasteiger partial charge in [-0.3, -0.25) is 4.55 Å². The average Bonchev–Trinajstić information content (AvgIpc) is 2.65. The predicted molar refractivity (Wildman–Crippen MR) is 118 cm³/mol. The zero-order chi connectivity index (χ0) is 24.6. The number of carbonyl (C=O) groups excluding carboxylic acids is 1. The van der Waals surface area contributed by atoms with E-state index in [0.29, 0.717) is 37.6 Å². The molecule has 0 spiro atoms. The molecular formula is C22H24F3NO6S. The van der Waals surface area contributed by atoms with E-state index in [9.17, 15) is 35.7 Å². The van der Waals surface area contributed by atoms with E-state index in [2.05, 4.69) is 0 Å². The van der Waals surface area contributed by atoms with E-state index < -0.39 is 38.8 Å². The van der Waals surface area contributed by atoms with Crippen molar-refractivity contribution < 1.29 is 35.4 Å². The average molecular weight is 487 g/mol. The van der Waals surface area contributed by atoms with E-state index in [1.54, 1.807) is 19.9 Å². The van der Waals surface area contributed by atoms with E-state index in [4.69, 9.17) is 4.42 Å². The van der Waals surface area contributed by atoms with Crippen LogP contribution in [-0.4, -0.2) is 37.1 Å². The highest BCUT2D eigenvalue weighted by Crippen LogP contribution is 2.44. The fourth-order valence-electron chi connectivity index (χ4n) is 4.20. The maximum atomic E-state index is 13.6. The van der Waals surface area contributed by atoms with Crippen LogP contribution in [0, 0.1) is 0 Å². The molecule has 11 heteroatoms. The van der Waals surface area contributed by atoms with Crippen molar-refractivity contribution >= 4 is 38.6 Å². The highest BCUT2D eigenvalue weighted by atomic mass is 32.2. The zero-order valence-corrected chi connectivity index (χ0v) is 18.9. The largest absolute Gasteiger partial charge is 0.423 e. The molecule has 3 rings (SSSR count). The number of benzene rings is 1. The first kappa shape index (κ1) is 25.0. The molecule has 1 aromatic heterocycles. The van der Waals surface area contributed by atoms with Crippen LogP contribution >= 0.6 is 0 Å². The molecule has 0 fully saturated rings. The Morgan fingerprint density at radius 3 is 2.45 bits per heavy atom. The molecule has 0 atom stereocenters. The van der Waals surface area contributed by atoms with Crippen molar-refractivity contribution in [2.75, 3.05) is 17.2 Å². The Labute approximate surface area is 188 Å². The maximum absolute atomic E-state index is 13.6. The van der Waals surface area contributed by atoms with Gasteiger partial charge in [0.05, 0.1) is 11.1 Å². The summed E-state index contributed by atoms with van der Waals surface area (Å²) in [5.74, 6) is -0.778. The summed E-state index contributed by atoms with van der Waals surface area (Å²) in [7, 11) is -4.48. The molecule has 1 aliphatic rings. The van der Waals surface area contributed by atoms with Gasteiger partial charge in [0.2, 0.25) is 0 Å². The lowest BCUT2D eigenvalue weighted by atomic mass is 9.87. The van der Waals surface area contributed by atoms with Crippen LogP contribution in [0.1, 0.15) is 50.7 Å². The number of nitrogens with zero attached hydrogens (tertiary/aromatic N) is 1. The summed E-state index contributed by atoms with van der Waals surface area (Å²) in [5.41, 5.74) is -2.63. The van der Waals surface area contributed by atoms with E-state index in [1.165, 1.54) is 6.07 Å². The van der Waals surface area contributed by atoms with E-state index in [1.807, 2.05) is 4.90 Å². The van der Waals surface area contributed by atoms with Gasteiger partial charge < -0.3 is 14.1 Å². The molecule has 1 aliphatic heterocycles. The van der Waals surface area contributed by atoms with Crippen LogP contribution in [0.3, 0.4) is 0 Å². The number of anilines is 1. The number of hydrogen-bond acceptors (Lipinski definition) is 6. The second kappa shape index (κ2) is 8.94. The molecule has 0 saturated carbocycles. The quantitative estimate of drug-likeness (QED) is 0.254. The lowest BCUT2D eigenvalue weighted by Crippen LogP contribution is -2.46. The maximum Gasteiger partial charge on any atom is 0.417 e. The normalized spacial score (nSPS) is 15.9. The molecule has 0 unspecified atom stereocenters. The van der Waals surface area contributed by atoms with Crippen LogP contribution in [0.2, 0.25) is 0 Å². The molecule has 0 radical (unpaired) electrons. The topological polar surface area (TPSA) is 105 Å². The summed E-state index contributed by atoms with van der Waals surface area (Å²) in [4.78, 5) is 24.2. The first-order valence-electron chi connectivity index (χ1n) is 10.3. The van der Waals surface area contributed by atoms with Crippen LogP contribution in [0.25, 0.3) is 16.5 Å². The second-order valence-electron chi connectivity index (χ2n) is 8.56. The summed E-state index contributed by atoms with van der Waals surface area (Å²) in [6.45, 7) is 4.07. The lowest BCUT2D eigenvalue weighted by Gasteiger charge is -2.44. The van der Waals surface area contributed by atoms with Crippen molar-refractivity contribution in [3.8, 4) is 0 Å². The highest BCUT2D eigenvalue weighted by molar-refractivity contribution is 7.86. The van der Waals surface area contributed by atoms with Gasteiger partial charge in [-0.15, -0.1) is 0 Å². The molecule has 7 nitrogen and oxygen atoms in total. The van der Waals surface area contributed by atoms with E-state index in [0.717, 1.165) is 18.8 Å². The molecule has 1 N–H and O–H groups in total. The smallest absolute Gasteiger partial charge is 0.417 e. The number of halogens is 3. The van der Waals surface area contributed by atoms with Crippen molar-refractivity contribution in [2.24, 2.45) is 0 Å². The number of rotatable bonds is 8. The summed E-state index contributed by atoms with van der Waals surface area (Å²) in [6, 6.07) is 2.83. The monoisotopic (exact) mass is 487 g/mol. The number of alkyl halides is 3. The molecule has 1 aromatic carbocycles. The fraction of sp³-hybridized carbons (Fsp3) is 0.455. The summed E-state index contributed by atoms with van der Waals surface area (Å²) in [5, 5.41) is -0.382. The second-order valence-corrected chi connectivity index (χ2v) is 10.0. The number of fused-ring (bicyclic) bond motifs is 2. The van der Waals surface area contributed by atoms with E-state index >= 15 is 0 Å². The Kier molecular flexibility index (Phi) is 6.77. The molecule has 0 saturated heterocycles. The van der Waals surface area contributed by atoms with Gasteiger partial charge in [0.15, 0.2) is 0 Å². The van der Waals surface area contributed by atoms with Gasteiger partial charge in [-0.25, -0.2) is 4.79 Å². The summed E-state index contributed by atoms with van der Waals surface area (Å²) >= 11 is 0. The minimum absolute atomic E-state index is 0.149. The first-order chi connectivity index (χ1) is 15.2. The van der Waals surface area contributed by atoms with Gasteiger partial charge in [0.25, 0.3) is 10.1 Å². The number of carbonyl (C=O) groups is 1. The van der Waals surface area contributed by atoms with Crippen LogP contribution < -0.4 is 10.5 Å². The molecule has 2 heterocycles. The summed E-state index contributed by atoms with van der Waals surface area (Å²) in [6.07, 6.45) is 0.126. The fourth-order valence-corrected chi connectivity index (χ4v) is 4.84. The molecule has 33 heavy (non-hydrogen) atoms. The minimum Gasteiger partial charge on any atom is -0.423 e. The molecule has 180 valence electrons. The van der Waals surface area contributed by atoms with Gasteiger partial charge in [-0.2, -0.15) is 21.6 Å². The van der Waals surface area contributed by atoms with Crippen LogP contribution in [0.5, 0.6) is 0 Å². The van der Waals surface area contributed by atoms with Crippen LogP contribution in [0.4, 0.5) is 18.9 Å². The predicted octanol–water partition coefficient (Wildman–Crippen LogP) is 4.44. The summed E-state index contributed by atoms with van der Waals surface area (Å²) < 4.78 is 78.6. The Bertz CT molecular complexity index is 1260. The molecular weight excluding hydrogens is 463 g/mol. The Morgan fingerprint density at radius 1 is 1.15 bits per heavy atom. The van der Waals surface area contributed by atoms with E-state index in [-0.39, 0.29) is 22.1 Å².